The average molecular weight is 207 g/mol. The lowest BCUT2D eigenvalue weighted by molar-refractivity contribution is 0.131. The fraction of sp³-hybridized carbons (Fsp3) is 0.417. The number of ether oxygens (including phenoxy) is 1. The molecule has 0 fully saturated rings. The maximum Gasteiger partial charge on any atom is 0.409 e. The Labute approximate surface area is 90.7 Å². The highest BCUT2D eigenvalue weighted by atomic mass is 16.5. The van der Waals surface area contributed by atoms with Crippen molar-refractivity contribution in [1.29, 1.82) is 0 Å². The highest BCUT2D eigenvalue weighted by molar-refractivity contribution is 5.67. The first-order chi connectivity index (χ1) is 7.04. The average Bonchev–Trinajstić information content (AvgIpc) is 2.22. The molecular weight excluding hydrogens is 190 g/mol. The number of hydrogen-bond acceptors (Lipinski definition) is 2. The summed E-state index contributed by atoms with van der Waals surface area (Å²) in [5, 5.41) is 0. The molecule has 0 aliphatic heterocycles. The SMILES string of the molecule is COC(=O)N(C)Cc1cc(C)ccc1C. The number of carbonyl (C=O) groups is 1. The maximum atomic E-state index is 11.2. The molecule has 3 heteroatoms. The zero-order valence-electron chi connectivity index (χ0n) is 9.70. The molecule has 0 unspecified atom stereocenters. The first kappa shape index (κ1) is 11.6. The summed E-state index contributed by atoms with van der Waals surface area (Å²) >= 11 is 0. The van der Waals surface area contributed by atoms with Crippen molar-refractivity contribution in [3.8, 4) is 0 Å². The first-order valence-electron chi connectivity index (χ1n) is 4.90. The van der Waals surface area contributed by atoms with Gasteiger partial charge in [-0.25, -0.2) is 4.79 Å². The Morgan fingerprint density at radius 3 is 2.67 bits per heavy atom. The molecule has 0 heterocycles. The number of carbonyl (C=O) groups excluding carboxylic acids is 1. The molecule has 0 saturated carbocycles. The number of aryl methyl sites for hydroxylation is 2. The van der Waals surface area contributed by atoms with E-state index in [1.54, 1.807) is 11.9 Å². The van der Waals surface area contributed by atoms with Crippen LogP contribution in [0, 0.1) is 13.8 Å². The minimum atomic E-state index is -0.309. The number of benzene rings is 1. The Bertz CT molecular complexity index is 361. The van der Waals surface area contributed by atoms with Crippen molar-refractivity contribution in [2.45, 2.75) is 20.4 Å². The van der Waals surface area contributed by atoms with E-state index < -0.39 is 0 Å². The van der Waals surface area contributed by atoms with Crippen molar-refractivity contribution in [3.05, 3.63) is 34.9 Å². The number of methoxy groups -OCH3 is 1. The maximum absolute atomic E-state index is 11.2. The van der Waals surface area contributed by atoms with Gasteiger partial charge in [0.25, 0.3) is 0 Å². The molecule has 15 heavy (non-hydrogen) atoms. The largest absolute Gasteiger partial charge is 0.453 e. The fourth-order valence-corrected chi connectivity index (χ4v) is 1.45. The third-order valence-corrected chi connectivity index (χ3v) is 2.40. The molecule has 0 N–H and O–H groups in total. The van der Waals surface area contributed by atoms with Gasteiger partial charge >= 0.3 is 6.09 Å². The second-order valence-electron chi connectivity index (χ2n) is 3.76. The van der Waals surface area contributed by atoms with E-state index >= 15 is 0 Å². The monoisotopic (exact) mass is 207 g/mol. The van der Waals surface area contributed by atoms with Crippen LogP contribution in [0.1, 0.15) is 16.7 Å². The summed E-state index contributed by atoms with van der Waals surface area (Å²) in [5.74, 6) is 0. The lowest BCUT2D eigenvalue weighted by Crippen LogP contribution is -2.26. The predicted molar refractivity (Wildman–Crippen MR) is 59.8 cm³/mol. The van der Waals surface area contributed by atoms with E-state index in [1.165, 1.54) is 18.2 Å². The minimum Gasteiger partial charge on any atom is -0.453 e. The van der Waals surface area contributed by atoms with Gasteiger partial charge in [0.15, 0.2) is 0 Å². The summed E-state index contributed by atoms with van der Waals surface area (Å²) in [4.78, 5) is 12.8. The molecule has 0 bridgehead atoms. The van der Waals surface area contributed by atoms with Crippen LogP contribution in [-0.2, 0) is 11.3 Å². The van der Waals surface area contributed by atoms with Gasteiger partial charge in [-0.2, -0.15) is 0 Å². The molecule has 1 aromatic rings. The molecule has 0 spiro atoms. The van der Waals surface area contributed by atoms with Gasteiger partial charge in [-0.3, -0.25) is 0 Å². The summed E-state index contributed by atoms with van der Waals surface area (Å²) in [7, 11) is 3.12. The van der Waals surface area contributed by atoms with Crippen molar-refractivity contribution in [2.24, 2.45) is 0 Å². The Morgan fingerprint density at radius 1 is 1.40 bits per heavy atom. The van der Waals surface area contributed by atoms with Crippen LogP contribution in [0.3, 0.4) is 0 Å². The summed E-state index contributed by atoms with van der Waals surface area (Å²) in [6, 6.07) is 6.22. The molecule has 0 aromatic heterocycles. The molecule has 0 aliphatic carbocycles. The van der Waals surface area contributed by atoms with Gasteiger partial charge in [0, 0.05) is 13.6 Å². The van der Waals surface area contributed by atoms with Crippen LogP contribution in [-0.4, -0.2) is 25.2 Å². The van der Waals surface area contributed by atoms with E-state index in [4.69, 9.17) is 0 Å². The van der Waals surface area contributed by atoms with Crippen LogP contribution in [0.15, 0.2) is 18.2 Å². The quantitative estimate of drug-likeness (QED) is 0.745. The zero-order chi connectivity index (χ0) is 11.4. The van der Waals surface area contributed by atoms with Gasteiger partial charge in [-0.15, -0.1) is 0 Å². The van der Waals surface area contributed by atoms with Gasteiger partial charge in [-0.1, -0.05) is 23.8 Å². The summed E-state index contributed by atoms with van der Waals surface area (Å²) in [5.41, 5.74) is 3.55. The van der Waals surface area contributed by atoms with Crippen molar-refractivity contribution in [3.63, 3.8) is 0 Å². The third kappa shape index (κ3) is 2.98. The molecule has 0 aliphatic rings. The van der Waals surface area contributed by atoms with E-state index in [-0.39, 0.29) is 6.09 Å². The van der Waals surface area contributed by atoms with E-state index in [1.807, 2.05) is 13.8 Å². The van der Waals surface area contributed by atoms with E-state index in [2.05, 4.69) is 22.9 Å². The Balaban J connectivity index is 2.80. The molecule has 1 amide bonds. The van der Waals surface area contributed by atoms with E-state index in [0.717, 1.165) is 5.56 Å². The van der Waals surface area contributed by atoms with Crippen LogP contribution in [0.2, 0.25) is 0 Å². The Hall–Kier alpha value is -1.51. The lowest BCUT2D eigenvalue weighted by Gasteiger charge is -2.17. The van der Waals surface area contributed by atoms with Gasteiger partial charge in [0.05, 0.1) is 7.11 Å². The third-order valence-electron chi connectivity index (χ3n) is 2.40. The van der Waals surface area contributed by atoms with Gasteiger partial charge in [0.1, 0.15) is 0 Å². The van der Waals surface area contributed by atoms with Crippen molar-refractivity contribution < 1.29 is 9.53 Å². The molecular formula is C12H17NO2. The first-order valence-corrected chi connectivity index (χ1v) is 4.90. The molecule has 0 saturated heterocycles. The number of hydrogen-bond donors (Lipinski definition) is 0. The second-order valence-corrected chi connectivity index (χ2v) is 3.76. The molecule has 1 aromatic carbocycles. The van der Waals surface area contributed by atoms with Crippen LogP contribution in [0.25, 0.3) is 0 Å². The molecule has 82 valence electrons. The molecule has 0 radical (unpaired) electrons. The van der Waals surface area contributed by atoms with Crippen LogP contribution in [0.5, 0.6) is 0 Å². The topological polar surface area (TPSA) is 29.5 Å². The van der Waals surface area contributed by atoms with Crippen molar-refractivity contribution in [1.82, 2.24) is 4.90 Å². The smallest absolute Gasteiger partial charge is 0.409 e. The second kappa shape index (κ2) is 4.82. The standard InChI is InChI=1S/C12H17NO2/c1-9-5-6-10(2)11(7-9)8-13(3)12(14)15-4/h5-7H,8H2,1-4H3. The summed E-state index contributed by atoms with van der Waals surface area (Å²) < 4.78 is 4.64. The molecule has 1 rings (SSSR count). The van der Waals surface area contributed by atoms with Gasteiger partial charge in [-0.05, 0) is 25.0 Å². The van der Waals surface area contributed by atoms with E-state index in [0.29, 0.717) is 6.54 Å². The number of rotatable bonds is 2. The predicted octanol–water partition coefficient (Wildman–Crippen LogP) is 2.50. The summed E-state index contributed by atoms with van der Waals surface area (Å²) in [6.07, 6.45) is -0.309. The van der Waals surface area contributed by atoms with Crippen molar-refractivity contribution in [2.75, 3.05) is 14.2 Å². The van der Waals surface area contributed by atoms with Crippen LogP contribution >= 0.6 is 0 Å². The molecule has 3 nitrogen and oxygen atoms in total. The zero-order valence-corrected chi connectivity index (χ0v) is 9.70. The fourth-order valence-electron chi connectivity index (χ4n) is 1.45. The van der Waals surface area contributed by atoms with Crippen LogP contribution < -0.4 is 0 Å². The van der Waals surface area contributed by atoms with E-state index in [9.17, 15) is 4.79 Å². The summed E-state index contributed by atoms with van der Waals surface area (Å²) in [6.45, 7) is 4.67. The highest BCUT2D eigenvalue weighted by Crippen LogP contribution is 2.12. The Morgan fingerprint density at radius 2 is 2.07 bits per heavy atom. The van der Waals surface area contributed by atoms with Gasteiger partial charge in [0.2, 0.25) is 0 Å². The lowest BCUT2D eigenvalue weighted by atomic mass is 10.1. The van der Waals surface area contributed by atoms with Crippen LogP contribution in [0.4, 0.5) is 4.79 Å². The normalized spacial score (nSPS) is 9.87. The molecule has 0 atom stereocenters. The minimum absolute atomic E-state index is 0.309. The highest BCUT2D eigenvalue weighted by Gasteiger charge is 2.09. The van der Waals surface area contributed by atoms with Gasteiger partial charge < -0.3 is 9.64 Å². The van der Waals surface area contributed by atoms with Crippen molar-refractivity contribution >= 4 is 6.09 Å². The Kier molecular flexibility index (Phi) is 3.72. The number of nitrogens with zero attached hydrogens (tertiary/aromatic N) is 1. The number of amides is 1.